The molecule has 4 heteroatoms. The van der Waals surface area contributed by atoms with Gasteiger partial charge in [-0.05, 0) is 35.4 Å². The minimum Gasteiger partial charge on any atom is -0.288 e. The molecule has 1 aliphatic heterocycles. The van der Waals surface area contributed by atoms with Crippen molar-refractivity contribution in [3.8, 4) is 0 Å². The number of carbonyl (C=O) groups excluding carboxylic acids is 2. The van der Waals surface area contributed by atoms with Crippen molar-refractivity contribution in [3.63, 3.8) is 0 Å². The molecule has 3 nitrogen and oxygen atoms in total. The first kappa shape index (κ1) is 12.6. The second-order valence-electron chi connectivity index (χ2n) is 4.44. The number of benzene rings is 2. The van der Waals surface area contributed by atoms with Gasteiger partial charge in [0.25, 0.3) is 11.8 Å². The van der Waals surface area contributed by atoms with Crippen LogP contribution in [-0.4, -0.2) is 11.8 Å². The molecule has 98 valence electrons. The number of nitrogens with one attached hydrogen (secondary N) is 1. The molecule has 2 amide bonds. The number of rotatable bonds is 1. The second kappa shape index (κ2) is 4.94. The number of amides is 2. The van der Waals surface area contributed by atoms with Crippen LogP contribution in [0.4, 0.5) is 0 Å². The molecule has 0 unspecified atom stereocenters. The highest BCUT2D eigenvalue weighted by molar-refractivity contribution is 6.34. The van der Waals surface area contributed by atoms with Gasteiger partial charge in [0.2, 0.25) is 0 Å². The second-order valence-corrected chi connectivity index (χ2v) is 4.87. The Morgan fingerprint density at radius 2 is 1.50 bits per heavy atom. The molecule has 2 aromatic carbocycles. The Kier molecular flexibility index (Phi) is 3.12. The molecule has 0 saturated carbocycles. The van der Waals surface area contributed by atoms with Gasteiger partial charge in [-0.3, -0.25) is 14.9 Å². The third-order valence-electron chi connectivity index (χ3n) is 3.11. The monoisotopic (exact) mass is 283 g/mol. The molecule has 0 atom stereocenters. The highest BCUT2D eigenvalue weighted by atomic mass is 35.5. The Morgan fingerprint density at radius 1 is 0.850 bits per heavy atom. The average molecular weight is 284 g/mol. The average Bonchev–Trinajstić information content (AvgIpc) is 2.45. The van der Waals surface area contributed by atoms with E-state index in [-0.39, 0.29) is 11.8 Å². The Balaban J connectivity index is 2.13. The fourth-order valence-electron chi connectivity index (χ4n) is 2.15. The number of hydrogen-bond donors (Lipinski definition) is 1. The highest BCUT2D eigenvalue weighted by Crippen LogP contribution is 2.26. The predicted molar refractivity (Wildman–Crippen MR) is 78.2 cm³/mol. The smallest absolute Gasteiger partial charge is 0.258 e. The molecule has 0 aromatic heterocycles. The first-order valence-electron chi connectivity index (χ1n) is 6.07. The number of carbonyl (C=O) groups is 2. The molecular formula is C16H10ClNO2. The zero-order valence-electron chi connectivity index (χ0n) is 10.4. The molecule has 1 N–H and O–H groups in total. The number of fused-ring (bicyclic) bond motifs is 1. The summed E-state index contributed by atoms with van der Waals surface area (Å²) in [5.41, 5.74) is 2.48. The van der Waals surface area contributed by atoms with Crippen LogP contribution in [0.2, 0.25) is 5.02 Å². The maximum absolute atomic E-state index is 12.0. The lowest BCUT2D eigenvalue weighted by molar-refractivity contribution is -0.114. The van der Waals surface area contributed by atoms with Crippen LogP contribution >= 0.6 is 11.6 Å². The molecule has 0 saturated heterocycles. The van der Waals surface area contributed by atoms with Gasteiger partial charge in [-0.25, -0.2) is 0 Å². The molecule has 0 fully saturated rings. The summed E-state index contributed by atoms with van der Waals surface area (Å²) in [5, 5.41) is 2.98. The molecular weight excluding hydrogens is 274 g/mol. The Labute approximate surface area is 120 Å². The van der Waals surface area contributed by atoms with Crippen molar-refractivity contribution in [2.75, 3.05) is 0 Å². The normalized spacial score (nSPS) is 15.9. The summed E-state index contributed by atoms with van der Waals surface area (Å²) in [6.07, 6.45) is 1.75. The van der Waals surface area contributed by atoms with Gasteiger partial charge < -0.3 is 0 Å². The van der Waals surface area contributed by atoms with E-state index in [0.717, 1.165) is 5.56 Å². The number of hydrogen-bond acceptors (Lipinski definition) is 2. The quantitative estimate of drug-likeness (QED) is 0.645. The van der Waals surface area contributed by atoms with Crippen molar-refractivity contribution in [1.29, 1.82) is 0 Å². The molecule has 1 aliphatic rings. The van der Waals surface area contributed by atoms with Crippen molar-refractivity contribution in [1.82, 2.24) is 5.32 Å². The lowest BCUT2D eigenvalue weighted by Crippen LogP contribution is -2.36. The molecule has 20 heavy (non-hydrogen) atoms. The largest absolute Gasteiger partial charge is 0.288 e. The molecule has 0 radical (unpaired) electrons. The Morgan fingerprint density at radius 3 is 2.20 bits per heavy atom. The van der Waals surface area contributed by atoms with Crippen LogP contribution in [0.5, 0.6) is 0 Å². The summed E-state index contributed by atoms with van der Waals surface area (Å²) < 4.78 is 0. The third kappa shape index (κ3) is 2.24. The lowest BCUT2D eigenvalue weighted by atomic mass is 9.93. The van der Waals surface area contributed by atoms with Crippen molar-refractivity contribution in [3.05, 3.63) is 70.2 Å². The van der Waals surface area contributed by atoms with E-state index >= 15 is 0 Å². The lowest BCUT2D eigenvalue weighted by Gasteiger charge is -2.17. The highest BCUT2D eigenvalue weighted by Gasteiger charge is 2.26. The molecule has 0 aliphatic carbocycles. The van der Waals surface area contributed by atoms with Crippen LogP contribution in [0.1, 0.15) is 21.5 Å². The van der Waals surface area contributed by atoms with E-state index in [2.05, 4.69) is 5.32 Å². The van der Waals surface area contributed by atoms with Crippen LogP contribution in [0.3, 0.4) is 0 Å². The van der Waals surface area contributed by atoms with Crippen molar-refractivity contribution < 1.29 is 9.59 Å². The van der Waals surface area contributed by atoms with Crippen LogP contribution < -0.4 is 5.32 Å². The van der Waals surface area contributed by atoms with E-state index in [9.17, 15) is 9.59 Å². The number of imide groups is 1. The van der Waals surface area contributed by atoms with Crippen LogP contribution in [0, 0.1) is 0 Å². The SMILES string of the molecule is O=C1NC(=O)c2ccccc2/C1=C\c1ccc(Cl)cc1. The number of halogens is 1. The van der Waals surface area contributed by atoms with E-state index in [4.69, 9.17) is 11.6 Å². The zero-order chi connectivity index (χ0) is 14.1. The topological polar surface area (TPSA) is 46.2 Å². The fourth-order valence-corrected chi connectivity index (χ4v) is 2.27. The Bertz CT molecular complexity index is 732. The minimum absolute atomic E-state index is 0.362. The summed E-state index contributed by atoms with van der Waals surface area (Å²) in [4.78, 5) is 23.8. The van der Waals surface area contributed by atoms with Crippen molar-refractivity contribution in [2.45, 2.75) is 0 Å². The van der Waals surface area contributed by atoms with Crippen LogP contribution in [-0.2, 0) is 4.79 Å². The van der Waals surface area contributed by atoms with Gasteiger partial charge in [0.05, 0.1) is 0 Å². The Hall–Kier alpha value is -2.39. The maximum Gasteiger partial charge on any atom is 0.258 e. The van der Waals surface area contributed by atoms with Gasteiger partial charge in [0, 0.05) is 16.2 Å². The summed E-state index contributed by atoms with van der Waals surface area (Å²) >= 11 is 5.84. The van der Waals surface area contributed by atoms with Gasteiger partial charge in [0.1, 0.15) is 0 Å². The first-order valence-corrected chi connectivity index (χ1v) is 6.45. The maximum atomic E-state index is 12.0. The fraction of sp³-hybridized carbons (Fsp3) is 0. The van der Waals surface area contributed by atoms with Gasteiger partial charge in [-0.2, -0.15) is 0 Å². The van der Waals surface area contributed by atoms with Gasteiger partial charge >= 0.3 is 0 Å². The van der Waals surface area contributed by atoms with Crippen LogP contribution in [0.15, 0.2) is 48.5 Å². The molecule has 3 rings (SSSR count). The zero-order valence-corrected chi connectivity index (χ0v) is 11.1. The van der Waals surface area contributed by atoms with Gasteiger partial charge in [0.15, 0.2) is 0 Å². The van der Waals surface area contributed by atoms with E-state index in [1.807, 2.05) is 12.1 Å². The van der Waals surface area contributed by atoms with E-state index in [1.165, 1.54) is 0 Å². The third-order valence-corrected chi connectivity index (χ3v) is 3.37. The van der Waals surface area contributed by atoms with E-state index < -0.39 is 0 Å². The summed E-state index contributed by atoms with van der Waals surface area (Å²) in [5.74, 6) is -0.748. The van der Waals surface area contributed by atoms with E-state index in [1.54, 1.807) is 42.5 Å². The molecule has 2 aromatic rings. The standard InChI is InChI=1S/C16H10ClNO2/c17-11-7-5-10(6-8-11)9-14-12-3-1-2-4-13(12)15(19)18-16(14)20/h1-9H,(H,18,19,20)/b14-9+. The summed E-state index contributed by atoms with van der Waals surface area (Å²) in [6.45, 7) is 0. The predicted octanol–water partition coefficient (Wildman–Crippen LogP) is 3.15. The van der Waals surface area contributed by atoms with Crippen molar-refractivity contribution >= 4 is 35.1 Å². The van der Waals surface area contributed by atoms with Crippen molar-refractivity contribution in [2.24, 2.45) is 0 Å². The molecule has 1 heterocycles. The van der Waals surface area contributed by atoms with Gasteiger partial charge in [-0.15, -0.1) is 0 Å². The van der Waals surface area contributed by atoms with E-state index in [0.29, 0.717) is 21.7 Å². The van der Waals surface area contributed by atoms with Gasteiger partial charge in [-0.1, -0.05) is 41.9 Å². The first-order chi connectivity index (χ1) is 9.65. The summed E-state index contributed by atoms with van der Waals surface area (Å²) in [7, 11) is 0. The molecule has 0 bridgehead atoms. The minimum atomic E-state index is -0.386. The molecule has 0 spiro atoms. The summed E-state index contributed by atoms with van der Waals surface area (Å²) in [6, 6.07) is 14.2. The van der Waals surface area contributed by atoms with Crippen LogP contribution in [0.25, 0.3) is 11.6 Å².